The van der Waals surface area contributed by atoms with Crippen molar-refractivity contribution in [3.63, 3.8) is 0 Å². The van der Waals surface area contributed by atoms with E-state index in [1.165, 1.54) is 22.3 Å². The Bertz CT molecular complexity index is 737. The van der Waals surface area contributed by atoms with Crippen LogP contribution in [0.4, 0.5) is 4.79 Å². The van der Waals surface area contributed by atoms with Gasteiger partial charge in [0.15, 0.2) is 0 Å². The van der Waals surface area contributed by atoms with E-state index in [0.717, 1.165) is 19.5 Å². The van der Waals surface area contributed by atoms with E-state index in [9.17, 15) is 4.79 Å². The Kier molecular flexibility index (Phi) is 3.85. The lowest BCUT2D eigenvalue weighted by atomic mass is 9.98. The highest BCUT2D eigenvalue weighted by molar-refractivity contribution is 5.79. The van der Waals surface area contributed by atoms with Crippen LogP contribution in [0.15, 0.2) is 61.2 Å². The molecule has 1 saturated heterocycles. The van der Waals surface area contributed by atoms with Gasteiger partial charge in [-0.2, -0.15) is 0 Å². The third-order valence-electron chi connectivity index (χ3n) is 5.15. The summed E-state index contributed by atoms with van der Waals surface area (Å²) in [6.45, 7) is 5.69. The molecule has 3 heteroatoms. The van der Waals surface area contributed by atoms with Crippen molar-refractivity contribution in [1.82, 2.24) is 4.90 Å². The number of ether oxygens (including phenoxy) is 1. The van der Waals surface area contributed by atoms with Crippen molar-refractivity contribution in [2.45, 2.75) is 12.3 Å². The van der Waals surface area contributed by atoms with E-state index < -0.39 is 0 Å². The van der Waals surface area contributed by atoms with Crippen molar-refractivity contribution >= 4 is 6.09 Å². The zero-order chi connectivity index (χ0) is 16.5. The minimum atomic E-state index is -0.207. The fourth-order valence-electron chi connectivity index (χ4n) is 3.83. The van der Waals surface area contributed by atoms with Crippen molar-refractivity contribution < 1.29 is 9.53 Å². The van der Waals surface area contributed by atoms with Crippen LogP contribution < -0.4 is 0 Å². The number of rotatable bonds is 3. The van der Waals surface area contributed by atoms with Crippen molar-refractivity contribution in [2.24, 2.45) is 5.92 Å². The largest absolute Gasteiger partial charge is 0.448 e. The number of hydrogen-bond acceptors (Lipinski definition) is 2. The van der Waals surface area contributed by atoms with E-state index in [2.05, 4.69) is 55.1 Å². The molecule has 1 heterocycles. The number of likely N-dealkylation sites (tertiary alicyclic amines) is 1. The quantitative estimate of drug-likeness (QED) is 0.783. The van der Waals surface area contributed by atoms with E-state index in [1.54, 1.807) is 4.90 Å². The number of carbonyl (C=O) groups excluding carboxylic acids is 1. The van der Waals surface area contributed by atoms with Crippen molar-refractivity contribution in [3.8, 4) is 11.1 Å². The summed E-state index contributed by atoms with van der Waals surface area (Å²) in [7, 11) is 0. The molecule has 0 radical (unpaired) electrons. The summed E-state index contributed by atoms with van der Waals surface area (Å²) < 4.78 is 5.67. The minimum Gasteiger partial charge on any atom is -0.448 e. The molecular weight excluding hydrogens is 298 g/mol. The first-order valence-electron chi connectivity index (χ1n) is 8.50. The average Bonchev–Trinajstić information content (AvgIpc) is 3.23. The topological polar surface area (TPSA) is 29.5 Å². The van der Waals surface area contributed by atoms with Gasteiger partial charge in [0.05, 0.1) is 0 Å². The van der Waals surface area contributed by atoms with Crippen LogP contribution in [0.3, 0.4) is 0 Å². The molecule has 0 bridgehead atoms. The smallest absolute Gasteiger partial charge is 0.409 e. The highest BCUT2D eigenvalue weighted by Gasteiger charge is 2.31. The first-order chi connectivity index (χ1) is 11.8. The summed E-state index contributed by atoms with van der Waals surface area (Å²) in [6, 6.07) is 16.8. The number of fused-ring (bicyclic) bond motifs is 3. The molecule has 0 N–H and O–H groups in total. The molecule has 1 aliphatic carbocycles. The van der Waals surface area contributed by atoms with Gasteiger partial charge in [-0.25, -0.2) is 4.79 Å². The molecule has 2 aromatic carbocycles. The Balaban J connectivity index is 1.51. The minimum absolute atomic E-state index is 0.124. The monoisotopic (exact) mass is 319 g/mol. The maximum absolute atomic E-state index is 12.4. The van der Waals surface area contributed by atoms with Crippen molar-refractivity contribution in [3.05, 3.63) is 72.3 Å². The first-order valence-corrected chi connectivity index (χ1v) is 8.50. The van der Waals surface area contributed by atoms with Gasteiger partial charge >= 0.3 is 6.09 Å². The van der Waals surface area contributed by atoms with Gasteiger partial charge < -0.3 is 9.64 Å². The summed E-state index contributed by atoms with van der Waals surface area (Å²) in [5.74, 6) is 0.518. The Morgan fingerprint density at radius 3 is 2.33 bits per heavy atom. The summed E-state index contributed by atoms with van der Waals surface area (Å²) in [6.07, 6.45) is 2.70. The molecule has 2 aliphatic rings. The SMILES string of the molecule is C=C[C@H]1CCN(C(=O)OCC2c3ccccc3-c3ccccc32)C1. The van der Waals surface area contributed by atoms with Crippen molar-refractivity contribution in [1.29, 1.82) is 0 Å². The molecule has 1 fully saturated rings. The summed E-state index contributed by atoms with van der Waals surface area (Å²) >= 11 is 0. The predicted octanol–water partition coefficient (Wildman–Crippen LogP) is 4.44. The molecule has 2 aromatic rings. The normalized spacial score (nSPS) is 19.0. The third-order valence-corrected chi connectivity index (χ3v) is 5.15. The van der Waals surface area contributed by atoms with Crippen molar-refractivity contribution in [2.75, 3.05) is 19.7 Å². The zero-order valence-electron chi connectivity index (χ0n) is 13.7. The predicted molar refractivity (Wildman–Crippen MR) is 94.9 cm³/mol. The molecule has 0 aromatic heterocycles. The van der Waals surface area contributed by atoms with Gasteiger partial charge in [-0.1, -0.05) is 54.6 Å². The Morgan fingerprint density at radius 2 is 1.75 bits per heavy atom. The van der Waals surface area contributed by atoms with E-state index >= 15 is 0 Å². The van der Waals surface area contributed by atoms with Gasteiger partial charge in [-0.3, -0.25) is 0 Å². The summed E-state index contributed by atoms with van der Waals surface area (Å²) in [5, 5.41) is 0. The lowest BCUT2D eigenvalue weighted by Crippen LogP contribution is -2.30. The molecule has 3 nitrogen and oxygen atoms in total. The molecule has 4 rings (SSSR count). The Labute approximate surface area is 142 Å². The zero-order valence-corrected chi connectivity index (χ0v) is 13.7. The third kappa shape index (κ3) is 2.50. The maximum atomic E-state index is 12.4. The molecular formula is C21H21NO2. The van der Waals surface area contributed by atoms with Crippen LogP contribution in [0, 0.1) is 5.92 Å². The second-order valence-electron chi connectivity index (χ2n) is 6.53. The van der Waals surface area contributed by atoms with Crippen LogP contribution in [0.2, 0.25) is 0 Å². The Hall–Kier alpha value is -2.55. The Morgan fingerprint density at radius 1 is 1.12 bits per heavy atom. The average molecular weight is 319 g/mol. The molecule has 0 saturated carbocycles. The summed E-state index contributed by atoms with van der Waals surface area (Å²) in [4.78, 5) is 14.1. The number of nitrogens with zero attached hydrogens (tertiary/aromatic N) is 1. The van der Waals surface area contributed by atoms with Crippen LogP contribution in [-0.2, 0) is 4.74 Å². The molecule has 24 heavy (non-hydrogen) atoms. The number of benzene rings is 2. The standard InChI is InChI=1S/C21H21NO2/c1-2-15-11-12-22(13-15)21(23)24-14-20-18-9-5-3-7-16(18)17-8-4-6-10-19(17)20/h2-10,15,20H,1,11-14H2/t15-/m0/s1. The van der Waals surface area contributed by atoms with Crippen LogP contribution >= 0.6 is 0 Å². The molecule has 1 amide bonds. The first kappa shape index (κ1) is 15.0. The molecule has 1 atom stereocenters. The molecule has 0 unspecified atom stereocenters. The van der Waals surface area contributed by atoms with E-state index in [0.29, 0.717) is 12.5 Å². The van der Waals surface area contributed by atoms with Gasteiger partial charge in [-0.15, -0.1) is 6.58 Å². The summed E-state index contributed by atoms with van der Waals surface area (Å²) in [5.41, 5.74) is 5.00. The highest BCUT2D eigenvalue weighted by Crippen LogP contribution is 2.44. The lowest BCUT2D eigenvalue weighted by molar-refractivity contribution is 0.107. The second kappa shape index (κ2) is 6.16. The van der Waals surface area contributed by atoms with E-state index in [-0.39, 0.29) is 12.0 Å². The van der Waals surface area contributed by atoms with E-state index in [1.807, 2.05) is 6.08 Å². The van der Waals surface area contributed by atoms with Gasteiger partial charge in [0, 0.05) is 19.0 Å². The fraction of sp³-hybridized carbons (Fsp3) is 0.286. The lowest BCUT2D eigenvalue weighted by Gasteiger charge is -2.19. The van der Waals surface area contributed by atoms with Gasteiger partial charge in [-0.05, 0) is 34.6 Å². The van der Waals surface area contributed by atoms with E-state index in [4.69, 9.17) is 4.74 Å². The molecule has 0 spiro atoms. The van der Waals surface area contributed by atoms with Crippen LogP contribution in [0.25, 0.3) is 11.1 Å². The highest BCUT2D eigenvalue weighted by atomic mass is 16.6. The van der Waals surface area contributed by atoms with Gasteiger partial charge in [0.2, 0.25) is 0 Å². The maximum Gasteiger partial charge on any atom is 0.409 e. The second-order valence-corrected chi connectivity index (χ2v) is 6.53. The number of carbonyl (C=O) groups is 1. The molecule has 122 valence electrons. The van der Waals surface area contributed by atoms with Crippen LogP contribution in [-0.4, -0.2) is 30.7 Å². The number of amides is 1. The number of hydrogen-bond donors (Lipinski definition) is 0. The van der Waals surface area contributed by atoms with Crippen LogP contribution in [0.5, 0.6) is 0 Å². The van der Waals surface area contributed by atoms with Crippen LogP contribution in [0.1, 0.15) is 23.5 Å². The van der Waals surface area contributed by atoms with Gasteiger partial charge in [0.25, 0.3) is 0 Å². The molecule has 1 aliphatic heterocycles. The van der Waals surface area contributed by atoms with Gasteiger partial charge in [0.1, 0.15) is 6.61 Å². The fourth-order valence-corrected chi connectivity index (χ4v) is 3.83.